The van der Waals surface area contributed by atoms with Crippen molar-refractivity contribution in [2.24, 2.45) is 0 Å². The molecule has 0 spiro atoms. The van der Waals surface area contributed by atoms with E-state index in [-0.39, 0.29) is 5.60 Å². The van der Waals surface area contributed by atoms with E-state index in [1.165, 1.54) is 0 Å². The lowest BCUT2D eigenvalue weighted by molar-refractivity contribution is 0.134. The Morgan fingerprint density at radius 1 is 1.46 bits per heavy atom. The first kappa shape index (κ1) is 10.9. The Kier molecular flexibility index (Phi) is 3.63. The van der Waals surface area contributed by atoms with Gasteiger partial charge in [0.15, 0.2) is 0 Å². The van der Waals surface area contributed by atoms with Gasteiger partial charge in [-0.05, 0) is 32.0 Å². The van der Waals surface area contributed by atoms with E-state index in [0.717, 1.165) is 10.2 Å². The van der Waals surface area contributed by atoms with Gasteiger partial charge in [-0.25, -0.2) is 0 Å². The summed E-state index contributed by atoms with van der Waals surface area (Å²) in [7, 11) is 0. The molecule has 1 nitrogen and oxygen atoms in total. The Morgan fingerprint density at radius 2 is 2.15 bits per heavy atom. The van der Waals surface area contributed by atoms with E-state index in [4.69, 9.17) is 16.3 Å². The van der Waals surface area contributed by atoms with Crippen LogP contribution < -0.4 is 4.74 Å². The van der Waals surface area contributed by atoms with Gasteiger partial charge in [-0.15, -0.1) is 11.6 Å². The fraction of sp³-hybridized carbons (Fsp3) is 0.400. The Bertz CT molecular complexity index is 286. The minimum Gasteiger partial charge on any atom is -0.487 e. The third-order valence-electron chi connectivity index (χ3n) is 1.51. The van der Waals surface area contributed by atoms with E-state index in [9.17, 15) is 0 Å². The van der Waals surface area contributed by atoms with Crippen LogP contribution in [0.25, 0.3) is 0 Å². The van der Waals surface area contributed by atoms with Gasteiger partial charge in [-0.3, -0.25) is 0 Å². The molecule has 13 heavy (non-hydrogen) atoms. The molecule has 0 aliphatic rings. The van der Waals surface area contributed by atoms with Crippen LogP contribution in [0.1, 0.15) is 13.8 Å². The largest absolute Gasteiger partial charge is 0.487 e. The maximum Gasteiger partial charge on any atom is 0.121 e. The van der Waals surface area contributed by atoms with Crippen molar-refractivity contribution < 1.29 is 4.74 Å². The molecule has 0 N–H and O–H groups in total. The number of ether oxygens (including phenoxy) is 1. The zero-order valence-electron chi connectivity index (χ0n) is 7.68. The smallest absolute Gasteiger partial charge is 0.121 e. The second-order valence-electron chi connectivity index (χ2n) is 3.45. The van der Waals surface area contributed by atoms with E-state index in [0.29, 0.717) is 5.88 Å². The van der Waals surface area contributed by atoms with Crippen LogP contribution >= 0.6 is 27.5 Å². The number of hydrogen-bond donors (Lipinski definition) is 0. The van der Waals surface area contributed by atoms with E-state index < -0.39 is 0 Å². The normalized spacial score (nSPS) is 11.4. The highest BCUT2D eigenvalue weighted by Gasteiger charge is 2.17. The summed E-state index contributed by atoms with van der Waals surface area (Å²) in [6.07, 6.45) is 0. The highest BCUT2D eigenvalue weighted by Crippen LogP contribution is 2.22. The van der Waals surface area contributed by atoms with Crippen molar-refractivity contribution in [1.29, 1.82) is 0 Å². The molecule has 0 amide bonds. The third-order valence-corrected chi connectivity index (χ3v) is 2.65. The lowest BCUT2D eigenvalue weighted by atomic mass is 10.2. The Balaban J connectivity index is 2.74. The first-order valence-corrected chi connectivity index (χ1v) is 5.37. The maximum absolute atomic E-state index is 5.75. The van der Waals surface area contributed by atoms with Gasteiger partial charge in [0.05, 0.1) is 5.88 Å². The SMILES string of the molecule is CC(C)(CCl)Oc1cccc(Br)c1. The average Bonchev–Trinajstić information content (AvgIpc) is 2.03. The topological polar surface area (TPSA) is 9.23 Å². The van der Waals surface area contributed by atoms with Crippen molar-refractivity contribution in [1.82, 2.24) is 0 Å². The summed E-state index contributed by atoms with van der Waals surface area (Å²) in [5.74, 6) is 1.31. The van der Waals surface area contributed by atoms with Gasteiger partial charge in [-0.2, -0.15) is 0 Å². The molecule has 0 fully saturated rings. The number of halogens is 2. The summed E-state index contributed by atoms with van der Waals surface area (Å²) < 4.78 is 6.68. The fourth-order valence-corrected chi connectivity index (χ4v) is 1.31. The van der Waals surface area contributed by atoms with Crippen molar-refractivity contribution in [3.63, 3.8) is 0 Å². The lowest BCUT2D eigenvalue weighted by Gasteiger charge is -2.23. The number of rotatable bonds is 3. The summed E-state index contributed by atoms with van der Waals surface area (Å²) in [5, 5.41) is 0. The minimum absolute atomic E-state index is 0.317. The number of hydrogen-bond acceptors (Lipinski definition) is 1. The molecule has 0 atom stereocenters. The van der Waals surface area contributed by atoms with Crippen molar-refractivity contribution in [3.8, 4) is 5.75 Å². The van der Waals surface area contributed by atoms with Crippen LogP contribution in [0.3, 0.4) is 0 Å². The second-order valence-corrected chi connectivity index (χ2v) is 4.64. The summed E-state index contributed by atoms with van der Waals surface area (Å²) >= 11 is 9.12. The quantitative estimate of drug-likeness (QED) is 0.753. The zero-order chi connectivity index (χ0) is 9.90. The molecule has 0 aliphatic carbocycles. The van der Waals surface area contributed by atoms with Crippen molar-refractivity contribution in [2.45, 2.75) is 19.4 Å². The highest BCUT2D eigenvalue weighted by molar-refractivity contribution is 9.10. The van der Waals surface area contributed by atoms with Crippen LogP contribution in [0.2, 0.25) is 0 Å². The first-order chi connectivity index (χ1) is 6.03. The van der Waals surface area contributed by atoms with Gasteiger partial charge < -0.3 is 4.74 Å². The fourth-order valence-electron chi connectivity index (χ4n) is 0.877. The number of alkyl halides is 1. The van der Waals surface area contributed by atoms with Gasteiger partial charge >= 0.3 is 0 Å². The third kappa shape index (κ3) is 3.57. The molecule has 3 heteroatoms. The Labute approximate surface area is 92.2 Å². The van der Waals surface area contributed by atoms with Gasteiger partial charge in [-0.1, -0.05) is 22.0 Å². The molecule has 0 aromatic heterocycles. The van der Waals surface area contributed by atoms with Crippen molar-refractivity contribution in [3.05, 3.63) is 28.7 Å². The molecule has 0 bridgehead atoms. The van der Waals surface area contributed by atoms with E-state index in [1.807, 2.05) is 38.1 Å². The number of benzene rings is 1. The zero-order valence-corrected chi connectivity index (χ0v) is 10.0. The van der Waals surface area contributed by atoms with E-state index in [1.54, 1.807) is 0 Å². The molecular formula is C10H12BrClO. The molecule has 0 heterocycles. The molecular weight excluding hydrogens is 251 g/mol. The Hall–Kier alpha value is -0.210. The van der Waals surface area contributed by atoms with Crippen LogP contribution in [0.15, 0.2) is 28.7 Å². The summed E-state index contributed by atoms with van der Waals surface area (Å²) in [6.45, 7) is 3.92. The first-order valence-electron chi connectivity index (χ1n) is 4.04. The molecule has 0 unspecified atom stereocenters. The molecule has 1 aromatic carbocycles. The molecule has 0 aliphatic heterocycles. The molecule has 72 valence electrons. The minimum atomic E-state index is -0.317. The van der Waals surface area contributed by atoms with Crippen LogP contribution in [0, 0.1) is 0 Å². The summed E-state index contributed by atoms with van der Waals surface area (Å²) in [4.78, 5) is 0. The lowest BCUT2D eigenvalue weighted by Crippen LogP contribution is -2.30. The van der Waals surface area contributed by atoms with Crippen LogP contribution in [0.4, 0.5) is 0 Å². The molecule has 1 rings (SSSR count). The summed E-state index contributed by atoms with van der Waals surface area (Å²) in [6, 6.07) is 7.73. The van der Waals surface area contributed by atoms with Gasteiger partial charge in [0.1, 0.15) is 11.4 Å². The van der Waals surface area contributed by atoms with Gasteiger partial charge in [0, 0.05) is 4.47 Å². The van der Waals surface area contributed by atoms with Crippen LogP contribution in [-0.2, 0) is 0 Å². The van der Waals surface area contributed by atoms with E-state index in [2.05, 4.69) is 15.9 Å². The monoisotopic (exact) mass is 262 g/mol. The highest BCUT2D eigenvalue weighted by atomic mass is 79.9. The van der Waals surface area contributed by atoms with Crippen molar-refractivity contribution in [2.75, 3.05) is 5.88 Å². The van der Waals surface area contributed by atoms with Crippen LogP contribution in [0.5, 0.6) is 5.75 Å². The molecule has 1 aromatic rings. The predicted octanol–water partition coefficient (Wildman–Crippen LogP) is 3.85. The second kappa shape index (κ2) is 4.34. The van der Waals surface area contributed by atoms with Gasteiger partial charge in [0.2, 0.25) is 0 Å². The standard InChI is InChI=1S/C10H12BrClO/c1-10(2,7-12)13-9-5-3-4-8(11)6-9/h3-6H,7H2,1-2H3. The average molecular weight is 264 g/mol. The summed E-state index contributed by atoms with van der Waals surface area (Å²) in [5.41, 5.74) is -0.317. The molecule has 0 radical (unpaired) electrons. The molecule has 0 saturated heterocycles. The Morgan fingerprint density at radius 3 is 2.69 bits per heavy atom. The molecule has 0 saturated carbocycles. The van der Waals surface area contributed by atoms with E-state index >= 15 is 0 Å². The van der Waals surface area contributed by atoms with Gasteiger partial charge in [0.25, 0.3) is 0 Å². The van der Waals surface area contributed by atoms with Crippen LogP contribution in [-0.4, -0.2) is 11.5 Å². The van der Waals surface area contributed by atoms with Crippen molar-refractivity contribution >= 4 is 27.5 Å². The predicted molar refractivity (Wildman–Crippen MR) is 59.6 cm³/mol. The maximum atomic E-state index is 5.75.